The number of amides is 2. The van der Waals surface area contributed by atoms with Crippen molar-refractivity contribution in [3.05, 3.63) is 41.5 Å². The van der Waals surface area contributed by atoms with Crippen molar-refractivity contribution in [2.45, 2.75) is 0 Å². The number of carbonyl (C=O) groups excluding carboxylic acids is 2. The van der Waals surface area contributed by atoms with Gasteiger partial charge in [-0.15, -0.1) is 0 Å². The lowest BCUT2D eigenvalue weighted by molar-refractivity contribution is -0.115. The van der Waals surface area contributed by atoms with Crippen LogP contribution in [-0.2, 0) is 4.79 Å². The Kier molecular flexibility index (Phi) is 4.23. The summed E-state index contributed by atoms with van der Waals surface area (Å²) in [7, 11) is 1.56. The summed E-state index contributed by atoms with van der Waals surface area (Å²) in [5.74, 6) is 4.47. The van der Waals surface area contributed by atoms with Gasteiger partial charge in [-0.25, -0.2) is 5.84 Å². The molecular formula is C11H13N3O2. The van der Waals surface area contributed by atoms with Gasteiger partial charge >= 0.3 is 0 Å². The molecule has 0 aliphatic rings. The van der Waals surface area contributed by atoms with Crippen LogP contribution in [0.15, 0.2) is 30.3 Å². The first-order valence-electron chi connectivity index (χ1n) is 4.68. The Balaban J connectivity index is 2.75. The monoisotopic (exact) mass is 219 g/mol. The minimum Gasteiger partial charge on any atom is -0.356 e. The Morgan fingerprint density at radius 1 is 1.25 bits per heavy atom. The third-order valence-corrected chi connectivity index (χ3v) is 1.98. The topological polar surface area (TPSA) is 84.2 Å². The van der Waals surface area contributed by atoms with Gasteiger partial charge in [-0.2, -0.15) is 0 Å². The van der Waals surface area contributed by atoms with Crippen LogP contribution in [0.3, 0.4) is 0 Å². The summed E-state index contributed by atoms with van der Waals surface area (Å²) in [6.45, 7) is 0. The number of carbonyl (C=O) groups is 2. The zero-order valence-corrected chi connectivity index (χ0v) is 8.86. The standard InChI is InChI=1S/C11H13N3O2/c1-13-10(15)7-4-8-2-5-9(6-3-8)11(16)14-12/h2-7H,12H2,1H3,(H,13,15)(H,14,16)/b7-4+. The Labute approximate surface area is 93.3 Å². The predicted molar refractivity (Wildman–Crippen MR) is 61.2 cm³/mol. The molecule has 0 spiro atoms. The van der Waals surface area contributed by atoms with Crippen LogP contribution in [0.1, 0.15) is 15.9 Å². The fourth-order valence-corrected chi connectivity index (χ4v) is 1.08. The van der Waals surface area contributed by atoms with E-state index in [0.29, 0.717) is 5.56 Å². The SMILES string of the molecule is CNC(=O)/C=C/c1ccc(C(=O)NN)cc1. The fraction of sp³-hybridized carbons (Fsp3) is 0.0909. The summed E-state index contributed by atoms with van der Waals surface area (Å²) >= 11 is 0. The van der Waals surface area contributed by atoms with E-state index in [1.165, 1.54) is 6.08 Å². The third-order valence-electron chi connectivity index (χ3n) is 1.98. The van der Waals surface area contributed by atoms with Crippen LogP contribution >= 0.6 is 0 Å². The van der Waals surface area contributed by atoms with Crippen molar-refractivity contribution >= 4 is 17.9 Å². The van der Waals surface area contributed by atoms with Gasteiger partial charge in [0, 0.05) is 18.7 Å². The maximum Gasteiger partial charge on any atom is 0.265 e. The van der Waals surface area contributed by atoms with Crippen molar-refractivity contribution in [3.63, 3.8) is 0 Å². The van der Waals surface area contributed by atoms with E-state index in [1.807, 2.05) is 5.43 Å². The smallest absolute Gasteiger partial charge is 0.265 e. The van der Waals surface area contributed by atoms with Crippen molar-refractivity contribution in [3.8, 4) is 0 Å². The summed E-state index contributed by atoms with van der Waals surface area (Å²) in [6, 6.07) is 6.71. The molecule has 0 atom stereocenters. The Morgan fingerprint density at radius 3 is 2.38 bits per heavy atom. The molecule has 0 radical (unpaired) electrons. The van der Waals surface area contributed by atoms with E-state index in [1.54, 1.807) is 37.4 Å². The largest absolute Gasteiger partial charge is 0.356 e. The number of rotatable bonds is 3. The summed E-state index contributed by atoms with van der Waals surface area (Å²) < 4.78 is 0. The zero-order valence-electron chi connectivity index (χ0n) is 8.86. The van der Waals surface area contributed by atoms with E-state index in [-0.39, 0.29) is 11.8 Å². The molecule has 0 saturated carbocycles. The van der Waals surface area contributed by atoms with Crippen LogP contribution in [0.4, 0.5) is 0 Å². The molecule has 84 valence electrons. The molecule has 0 bridgehead atoms. The fourth-order valence-electron chi connectivity index (χ4n) is 1.08. The molecule has 1 rings (SSSR count). The van der Waals surface area contributed by atoms with Crippen LogP contribution < -0.4 is 16.6 Å². The Hall–Kier alpha value is -2.14. The van der Waals surface area contributed by atoms with Gasteiger partial charge in [-0.05, 0) is 23.8 Å². The number of hydrogen-bond acceptors (Lipinski definition) is 3. The lowest BCUT2D eigenvalue weighted by atomic mass is 10.1. The predicted octanol–water partition coefficient (Wildman–Crippen LogP) is 0.0493. The first-order chi connectivity index (χ1) is 7.67. The Bertz CT molecular complexity index is 410. The maximum atomic E-state index is 11.1. The van der Waals surface area contributed by atoms with E-state index < -0.39 is 0 Å². The highest BCUT2D eigenvalue weighted by molar-refractivity contribution is 5.94. The van der Waals surface area contributed by atoms with E-state index in [0.717, 1.165) is 5.56 Å². The molecule has 4 N–H and O–H groups in total. The van der Waals surface area contributed by atoms with E-state index in [4.69, 9.17) is 5.84 Å². The van der Waals surface area contributed by atoms with E-state index in [2.05, 4.69) is 5.32 Å². The second-order valence-corrected chi connectivity index (χ2v) is 3.04. The van der Waals surface area contributed by atoms with Gasteiger partial charge in [0.25, 0.3) is 5.91 Å². The molecule has 5 heteroatoms. The first-order valence-corrected chi connectivity index (χ1v) is 4.68. The zero-order chi connectivity index (χ0) is 12.0. The average Bonchev–Trinajstić information content (AvgIpc) is 2.35. The molecule has 1 aromatic rings. The second kappa shape index (κ2) is 5.67. The lowest BCUT2D eigenvalue weighted by Crippen LogP contribution is -2.29. The maximum absolute atomic E-state index is 11.1. The lowest BCUT2D eigenvalue weighted by Gasteiger charge is -1.99. The number of likely N-dealkylation sites (N-methyl/N-ethyl adjacent to an activating group) is 1. The van der Waals surface area contributed by atoms with E-state index in [9.17, 15) is 9.59 Å². The minimum atomic E-state index is -0.346. The summed E-state index contributed by atoms with van der Waals surface area (Å²) in [4.78, 5) is 22.0. The normalized spacial score (nSPS) is 10.1. The summed E-state index contributed by atoms with van der Waals surface area (Å²) in [6.07, 6.45) is 3.07. The molecule has 0 fully saturated rings. The highest BCUT2D eigenvalue weighted by Gasteiger charge is 2.01. The van der Waals surface area contributed by atoms with Crippen molar-refractivity contribution in [2.75, 3.05) is 7.05 Å². The van der Waals surface area contributed by atoms with Crippen LogP contribution in [0.5, 0.6) is 0 Å². The van der Waals surface area contributed by atoms with Crippen molar-refractivity contribution in [2.24, 2.45) is 5.84 Å². The highest BCUT2D eigenvalue weighted by atomic mass is 16.2. The van der Waals surface area contributed by atoms with Gasteiger partial charge in [0.15, 0.2) is 0 Å². The molecular weight excluding hydrogens is 206 g/mol. The highest BCUT2D eigenvalue weighted by Crippen LogP contribution is 2.05. The molecule has 5 nitrogen and oxygen atoms in total. The average molecular weight is 219 g/mol. The van der Waals surface area contributed by atoms with Gasteiger partial charge in [-0.3, -0.25) is 15.0 Å². The van der Waals surface area contributed by atoms with Crippen molar-refractivity contribution in [1.82, 2.24) is 10.7 Å². The molecule has 1 aromatic carbocycles. The quantitative estimate of drug-likeness (QED) is 0.290. The minimum absolute atomic E-state index is 0.177. The third kappa shape index (κ3) is 3.21. The summed E-state index contributed by atoms with van der Waals surface area (Å²) in [5.41, 5.74) is 3.34. The van der Waals surface area contributed by atoms with Gasteiger partial charge in [0.2, 0.25) is 5.91 Å². The molecule has 0 aliphatic heterocycles. The number of benzene rings is 1. The molecule has 16 heavy (non-hydrogen) atoms. The van der Waals surface area contributed by atoms with Gasteiger partial charge in [0.05, 0.1) is 0 Å². The van der Waals surface area contributed by atoms with E-state index >= 15 is 0 Å². The summed E-state index contributed by atoms with van der Waals surface area (Å²) in [5, 5.41) is 2.47. The number of nitrogens with two attached hydrogens (primary N) is 1. The molecule has 0 unspecified atom stereocenters. The second-order valence-electron chi connectivity index (χ2n) is 3.04. The van der Waals surface area contributed by atoms with Crippen molar-refractivity contribution in [1.29, 1.82) is 0 Å². The van der Waals surface area contributed by atoms with Gasteiger partial charge in [-0.1, -0.05) is 12.1 Å². The first kappa shape index (κ1) is 11.9. The molecule has 0 heterocycles. The molecule has 0 aliphatic carbocycles. The number of nitrogen functional groups attached to an aromatic ring is 1. The van der Waals surface area contributed by atoms with Crippen LogP contribution in [-0.4, -0.2) is 18.9 Å². The van der Waals surface area contributed by atoms with Crippen LogP contribution in [0, 0.1) is 0 Å². The number of hydrogen-bond donors (Lipinski definition) is 3. The molecule has 0 aromatic heterocycles. The molecule has 2 amide bonds. The Morgan fingerprint density at radius 2 is 1.88 bits per heavy atom. The number of nitrogens with one attached hydrogen (secondary N) is 2. The van der Waals surface area contributed by atoms with Crippen LogP contribution in [0.2, 0.25) is 0 Å². The molecule has 0 saturated heterocycles. The van der Waals surface area contributed by atoms with Gasteiger partial charge < -0.3 is 5.32 Å². The van der Waals surface area contributed by atoms with Crippen LogP contribution in [0.25, 0.3) is 6.08 Å². The van der Waals surface area contributed by atoms with Gasteiger partial charge in [0.1, 0.15) is 0 Å². The number of hydrazine groups is 1. The van der Waals surface area contributed by atoms with Crippen molar-refractivity contribution < 1.29 is 9.59 Å².